The number of amides is 2. The van der Waals surface area contributed by atoms with Crippen LogP contribution in [0.4, 0.5) is 22.0 Å². The van der Waals surface area contributed by atoms with Gasteiger partial charge in [-0.15, -0.1) is 0 Å². The van der Waals surface area contributed by atoms with Crippen LogP contribution >= 0.6 is 12.2 Å². The number of ether oxygens (including phenoxy) is 1. The fourth-order valence-corrected chi connectivity index (χ4v) is 2.70. The van der Waals surface area contributed by atoms with Gasteiger partial charge in [-0.2, -0.15) is 22.0 Å². The molecular formula is C22H21F5N2O3S. The van der Waals surface area contributed by atoms with Crippen LogP contribution in [0.1, 0.15) is 54.0 Å². The molecule has 5 nitrogen and oxygen atoms in total. The summed E-state index contributed by atoms with van der Waals surface area (Å²) in [5, 5.41) is 1.09. The minimum Gasteiger partial charge on any atom is -0.426 e. The summed E-state index contributed by atoms with van der Waals surface area (Å²) < 4.78 is 66.6. The van der Waals surface area contributed by atoms with Gasteiger partial charge >= 0.3 is 12.3 Å². The van der Waals surface area contributed by atoms with Crippen LogP contribution in [0.3, 0.4) is 0 Å². The highest BCUT2D eigenvalue weighted by molar-refractivity contribution is 7.80. The van der Waals surface area contributed by atoms with Gasteiger partial charge in [-0.05, 0) is 69.7 Å². The lowest BCUT2D eigenvalue weighted by molar-refractivity contribution is -0.360. The van der Waals surface area contributed by atoms with Gasteiger partial charge in [-0.3, -0.25) is 15.0 Å². The Labute approximate surface area is 192 Å². The van der Waals surface area contributed by atoms with Crippen LogP contribution in [0.25, 0.3) is 0 Å². The van der Waals surface area contributed by atoms with E-state index in [0.717, 1.165) is 29.3 Å². The maximum absolute atomic E-state index is 13.1. The molecule has 0 aliphatic heterocycles. The highest BCUT2D eigenvalue weighted by Crippen LogP contribution is 2.37. The third kappa shape index (κ3) is 6.47. The maximum atomic E-state index is 13.1. The molecule has 0 saturated carbocycles. The lowest BCUT2D eigenvalue weighted by Gasteiger charge is -2.35. The molecule has 178 valence electrons. The fourth-order valence-electron chi connectivity index (χ4n) is 2.57. The molecule has 0 atom stereocenters. The summed E-state index contributed by atoms with van der Waals surface area (Å²) in [6.07, 6.45) is -11.3. The van der Waals surface area contributed by atoms with E-state index in [1.165, 1.54) is 0 Å². The predicted molar refractivity (Wildman–Crippen MR) is 115 cm³/mol. The van der Waals surface area contributed by atoms with Crippen LogP contribution < -0.4 is 10.2 Å². The molecular weight excluding hydrogens is 467 g/mol. The highest BCUT2D eigenvalue weighted by atomic mass is 32.1. The Kier molecular flexibility index (Phi) is 7.47. The molecule has 1 N–H and O–H groups in total. The normalized spacial score (nSPS) is 12.2. The fraction of sp³-hybridized carbons (Fsp3) is 0.318. The molecule has 2 rings (SSSR count). The smallest absolute Gasteiger partial charge is 0.426 e. The van der Waals surface area contributed by atoms with Crippen molar-refractivity contribution in [1.29, 1.82) is 0 Å². The van der Waals surface area contributed by atoms with Crippen molar-refractivity contribution in [2.75, 3.05) is 0 Å². The van der Waals surface area contributed by atoms with Crippen molar-refractivity contribution in [2.24, 2.45) is 0 Å². The third-order valence-corrected chi connectivity index (χ3v) is 4.53. The molecule has 2 aromatic rings. The Bertz CT molecular complexity index is 1050. The third-order valence-electron chi connectivity index (χ3n) is 4.30. The van der Waals surface area contributed by atoms with Crippen LogP contribution in [-0.4, -0.2) is 39.5 Å². The highest BCUT2D eigenvalue weighted by Gasteiger charge is 2.61. The van der Waals surface area contributed by atoms with E-state index in [1.54, 1.807) is 52.0 Å². The zero-order valence-corrected chi connectivity index (χ0v) is 18.9. The molecule has 0 unspecified atom stereocenters. The summed E-state index contributed by atoms with van der Waals surface area (Å²) in [5.74, 6) is -2.10. The molecule has 0 spiro atoms. The lowest BCUT2D eigenvalue weighted by Crippen LogP contribution is -2.55. The monoisotopic (exact) mass is 488 g/mol. The van der Waals surface area contributed by atoms with Gasteiger partial charge in [0.25, 0.3) is 11.8 Å². The first kappa shape index (κ1) is 26.2. The first-order valence-corrected chi connectivity index (χ1v) is 9.94. The van der Waals surface area contributed by atoms with Gasteiger partial charge in [0.1, 0.15) is 5.75 Å². The van der Waals surface area contributed by atoms with E-state index in [4.69, 9.17) is 12.2 Å². The van der Waals surface area contributed by atoms with Crippen molar-refractivity contribution in [3.63, 3.8) is 0 Å². The van der Waals surface area contributed by atoms with E-state index in [9.17, 15) is 31.5 Å². The molecule has 2 aromatic carbocycles. The summed E-state index contributed by atoms with van der Waals surface area (Å²) >= 11 is 5.13. The number of halogens is 5. The van der Waals surface area contributed by atoms with Gasteiger partial charge in [0, 0.05) is 16.0 Å². The number of rotatable bonds is 5. The first-order chi connectivity index (χ1) is 15.0. The standard InChI is InChI=1S/C22H21F5N2O3S/c1-13(33)15-6-5-7-16(12-15)19(31)29(20(2,3)4)28-18(30)14-8-10-17(11-9-14)32-22(26,27)21(23,24)25/h5-12H,1-4H3,(H,28,30). The van der Waals surface area contributed by atoms with Gasteiger partial charge in [0.15, 0.2) is 0 Å². The van der Waals surface area contributed by atoms with Crippen LogP contribution in [0.5, 0.6) is 5.75 Å². The van der Waals surface area contributed by atoms with Gasteiger partial charge in [0.2, 0.25) is 0 Å². The molecule has 0 heterocycles. The average molecular weight is 488 g/mol. The number of carbonyl (C=O) groups is 2. The Morgan fingerprint density at radius 1 is 0.909 bits per heavy atom. The van der Waals surface area contributed by atoms with Crippen molar-refractivity contribution in [3.05, 3.63) is 65.2 Å². The Morgan fingerprint density at radius 3 is 1.94 bits per heavy atom. The number of thiocarbonyl (C=S) groups is 1. The van der Waals surface area contributed by atoms with Crippen LogP contribution in [0.15, 0.2) is 48.5 Å². The van der Waals surface area contributed by atoms with Crippen molar-refractivity contribution in [3.8, 4) is 5.75 Å². The molecule has 33 heavy (non-hydrogen) atoms. The minimum absolute atomic E-state index is 0.0942. The van der Waals surface area contributed by atoms with Gasteiger partial charge in [-0.1, -0.05) is 24.4 Å². The van der Waals surface area contributed by atoms with Gasteiger partial charge < -0.3 is 4.74 Å². The number of carbonyl (C=O) groups excluding carboxylic acids is 2. The van der Waals surface area contributed by atoms with Gasteiger partial charge in [0.05, 0.1) is 5.54 Å². The molecule has 11 heteroatoms. The van der Waals surface area contributed by atoms with Crippen molar-refractivity contribution >= 4 is 28.9 Å². The van der Waals surface area contributed by atoms with E-state index in [2.05, 4.69) is 10.2 Å². The second kappa shape index (κ2) is 9.42. The largest absolute Gasteiger partial charge is 0.499 e. The molecule has 0 fully saturated rings. The first-order valence-electron chi connectivity index (χ1n) is 9.53. The van der Waals surface area contributed by atoms with E-state index >= 15 is 0 Å². The van der Waals surface area contributed by atoms with E-state index < -0.39 is 35.4 Å². The summed E-state index contributed by atoms with van der Waals surface area (Å²) in [7, 11) is 0. The quantitative estimate of drug-likeness (QED) is 0.260. The second-order valence-corrected chi connectivity index (χ2v) is 8.64. The van der Waals surface area contributed by atoms with E-state index in [1.807, 2.05) is 0 Å². The summed E-state index contributed by atoms with van der Waals surface area (Å²) in [6, 6.07) is 10.1. The second-order valence-electron chi connectivity index (χ2n) is 8.03. The molecule has 0 radical (unpaired) electrons. The number of nitrogens with one attached hydrogen (secondary N) is 1. The Morgan fingerprint density at radius 2 is 1.45 bits per heavy atom. The van der Waals surface area contributed by atoms with Crippen molar-refractivity contribution in [1.82, 2.24) is 10.4 Å². The zero-order chi connectivity index (χ0) is 25.2. The average Bonchev–Trinajstić information content (AvgIpc) is 2.70. The van der Waals surface area contributed by atoms with E-state index in [0.29, 0.717) is 10.4 Å². The number of hydrogen-bond acceptors (Lipinski definition) is 4. The molecule has 0 bridgehead atoms. The van der Waals surface area contributed by atoms with Crippen LogP contribution in [0, 0.1) is 0 Å². The number of benzene rings is 2. The molecule has 0 aromatic heterocycles. The van der Waals surface area contributed by atoms with Crippen LogP contribution in [0.2, 0.25) is 0 Å². The maximum Gasteiger partial charge on any atom is 0.499 e. The Hall–Kier alpha value is -3.08. The number of hydrazine groups is 1. The van der Waals surface area contributed by atoms with Crippen molar-refractivity contribution in [2.45, 2.75) is 45.5 Å². The Balaban J connectivity index is 2.23. The number of alkyl halides is 5. The van der Waals surface area contributed by atoms with E-state index in [-0.39, 0.29) is 11.1 Å². The predicted octanol–water partition coefficient (Wildman–Crippen LogP) is 5.54. The zero-order valence-electron chi connectivity index (χ0n) is 18.1. The molecule has 0 aliphatic carbocycles. The number of nitrogens with zero attached hydrogens (tertiary/aromatic N) is 1. The topological polar surface area (TPSA) is 58.6 Å². The van der Waals surface area contributed by atoms with Crippen LogP contribution in [-0.2, 0) is 0 Å². The summed E-state index contributed by atoms with van der Waals surface area (Å²) in [4.78, 5) is 26.3. The SMILES string of the molecule is CC(=S)c1cccc(C(=O)N(NC(=O)c2ccc(OC(F)(F)C(F)(F)F)cc2)C(C)(C)C)c1. The summed E-state index contributed by atoms with van der Waals surface area (Å²) in [6.45, 7) is 6.74. The lowest BCUT2D eigenvalue weighted by atomic mass is 10.0. The molecule has 0 aliphatic rings. The molecule has 2 amide bonds. The van der Waals surface area contributed by atoms with Crippen molar-refractivity contribution < 1.29 is 36.3 Å². The minimum atomic E-state index is -5.89. The molecule has 0 saturated heterocycles. The van der Waals surface area contributed by atoms with Gasteiger partial charge in [-0.25, -0.2) is 5.01 Å². The number of hydrogen-bond donors (Lipinski definition) is 1. The summed E-state index contributed by atoms with van der Waals surface area (Å²) in [5.41, 5.74) is 2.43.